The number of hydrogen-bond acceptors (Lipinski definition) is 6. The number of anilines is 1. The highest BCUT2D eigenvalue weighted by atomic mass is 32.1. The van der Waals surface area contributed by atoms with Crippen molar-refractivity contribution in [1.29, 1.82) is 0 Å². The maximum Gasteiger partial charge on any atom is 0.141 e. The number of aliphatic hydroxyl groups is 1. The van der Waals surface area contributed by atoms with E-state index in [1.54, 1.807) is 17.7 Å². The van der Waals surface area contributed by atoms with E-state index >= 15 is 0 Å². The van der Waals surface area contributed by atoms with Crippen LogP contribution in [0.1, 0.15) is 25.7 Å². The molecule has 2 atom stereocenters. The van der Waals surface area contributed by atoms with E-state index in [0.717, 1.165) is 36.7 Å². The van der Waals surface area contributed by atoms with Crippen molar-refractivity contribution in [2.75, 3.05) is 31.1 Å². The van der Waals surface area contributed by atoms with Crippen LogP contribution in [-0.2, 0) is 0 Å². The Morgan fingerprint density at radius 1 is 1.04 bits per heavy atom. The molecule has 4 heterocycles. The molecular formula is C22H26N4OS. The van der Waals surface area contributed by atoms with Crippen LogP contribution in [0.3, 0.4) is 0 Å². The smallest absolute Gasteiger partial charge is 0.141 e. The molecule has 1 aromatic carbocycles. The lowest BCUT2D eigenvalue weighted by atomic mass is 10.1. The molecule has 146 valence electrons. The number of thiophene rings is 1. The third kappa shape index (κ3) is 3.19. The molecule has 2 fully saturated rings. The molecule has 2 aliphatic rings. The normalized spacial score (nSPS) is 23.1. The molecule has 3 aromatic rings. The Bertz CT molecular complexity index is 944. The molecule has 0 radical (unpaired) electrons. The molecule has 0 spiro atoms. The molecule has 5 nitrogen and oxygen atoms in total. The zero-order valence-electron chi connectivity index (χ0n) is 16.0. The molecular weight excluding hydrogens is 368 g/mol. The summed E-state index contributed by atoms with van der Waals surface area (Å²) in [5.74, 6) is 1.08. The third-order valence-electron chi connectivity index (χ3n) is 6.24. The molecule has 5 rings (SSSR count). The average molecular weight is 395 g/mol. The van der Waals surface area contributed by atoms with Gasteiger partial charge in [-0.25, -0.2) is 9.97 Å². The summed E-state index contributed by atoms with van der Waals surface area (Å²) in [4.78, 5) is 15.3. The number of hydrogen-bond donors (Lipinski definition) is 1. The van der Waals surface area contributed by atoms with Gasteiger partial charge in [-0.1, -0.05) is 30.3 Å². The topological polar surface area (TPSA) is 52.5 Å². The van der Waals surface area contributed by atoms with Gasteiger partial charge < -0.3 is 10.0 Å². The number of aromatic nitrogens is 2. The van der Waals surface area contributed by atoms with Gasteiger partial charge in [0.2, 0.25) is 0 Å². The summed E-state index contributed by atoms with van der Waals surface area (Å²) in [7, 11) is 0. The Balaban J connectivity index is 1.50. The summed E-state index contributed by atoms with van der Waals surface area (Å²) in [6.45, 7) is 3.43. The van der Waals surface area contributed by atoms with Gasteiger partial charge >= 0.3 is 0 Å². The van der Waals surface area contributed by atoms with Gasteiger partial charge in [-0.05, 0) is 37.8 Å². The van der Waals surface area contributed by atoms with Crippen LogP contribution in [-0.4, -0.2) is 58.3 Å². The van der Waals surface area contributed by atoms with Crippen molar-refractivity contribution in [2.45, 2.75) is 37.8 Å². The number of aliphatic hydroxyl groups excluding tert-OH is 1. The first-order chi connectivity index (χ1) is 13.8. The highest BCUT2D eigenvalue weighted by Crippen LogP contribution is 2.40. The Morgan fingerprint density at radius 2 is 1.86 bits per heavy atom. The lowest BCUT2D eigenvalue weighted by Crippen LogP contribution is -2.43. The zero-order valence-corrected chi connectivity index (χ0v) is 16.8. The van der Waals surface area contributed by atoms with Crippen LogP contribution in [0.5, 0.6) is 0 Å². The Labute approximate surface area is 169 Å². The van der Waals surface area contributed by atoms with Gasteiger partial charge in [-0.2, -0.15) is 0 Å². The van der Waals surface area contributed by atoms with Crippen molar-refractivity contribution in [3.63, 3.8) is 0 Å². The second-order valence-corrected chi connectivity index (χ2v) is 8.71. The number of likely N-dealkylation sites (tertiary alicyclic amines) is 1. The van der Waals surface area contributed by atoms with Crippen LogP contribution in [0.15, 0.2) is 42.0 Å². The fourth-order valence-electron chi connectivity index (χ4n) is 4.82. The summed E-state index contributed by atoms with van der Waals surface area (Å²) in [6.07, 6.45) is 6.40. The number of nitrogens with zero attached hydrogens (tertiary/aromatic N) is 4. The van der Waals surface area contributed by atoms with Gasteiger partial charge in [-0.15, -0.1) is 11.3 Å². The first kappa shape index (κ1) is 18.0. The minimum atomic E-state index is 0.271. The van der Waals surface area contributed by atoms with E-state index in [0.29, 0.717) is 12.1 Å². The largest absolute Gasteiger partial charge is 0.395 e. The highest BCUT2D eigenvalue weighted by molar-refractivity contribution is 7.17. The predicted molar refractivity (Wildman–Crippen MR) is 115 cm³/mol. The van der Waals surface area contributed by atoms with Gasteiger partial charge in [0.05, 0.1) is 12.0 Å². The van der Waals surface area contributed by atoms with Crippen molar-refractivity contribution in [1.82, 2.24) is 14.9 Å². The first-order valence-electron chi connectivity index (χ1n) is 10.2. The molecule has 2 aliphatic heterocycles. The van der Waals surface area contributed by atoms with Crippen LogP contribution >= 0.6 is 11.3 Å². The zero-order chi connectivity index (χ0) is 18.9. The van der Waals surface area contributed by atoms with Crippen LogP contribution < -0.4 is 4.90 Å². The molecule has 2 saturated heterocycles. The summed E-state index contributed by atoms with van der Waals surface area (Å²) >= 11 is 1.70. The second kappa shape index (κ2) is 7.78. The van der Waals surface area contributed by atoms with Crippen molar-refractivity contribution >= 4 is 27.4 Å². The summed E-state index contributed by atoms with van der Waals surface area (Å²) in [6, 6.07) is 11.3. The van der Waals surface area contributed by atoms with Gasteiger partial charge in [0.15, 0.2) is 0 Å². The van der Waals surface area contributed by atoms with Crippen LogP contribution in [0.25, 0.3) is 21.3 Å². The molecule has 2 aromatic heterocycles. The molecule has 6 heteroatoms. The molecule has 1 N–H and O–H groups in total. The summed E-state index contributed by atoms with van der Waals surface area (Å²) in [5, 5.41) is 13.1. The van der Waals surface area contributed by atoms with Crippen molar-refractivity contribution in [3.05, 3.63) is 42.0 Å². The molecule has 28 heavy (non-hydrogen) atoms. The quantitative estimate of drug-likeness (QED) is 0.714. The first-order valence-corrected chi connectivity index (χ1v) is 11.1. The van der Waals surface area contributed by atoms with E-state index in [4.69, 9.17) is 4.98 Å². The van der Waals surface area contributed by atoms with Gasteiger partial charge in [-0.3, -0.25) is 4.90 Å². The average Bonchev–Trinajstić information content (AvgIpc) is 3.48. The van der Waals surface area contributed by atoms with Crippen molar-refractivity contribution < 1.29 is 5.11 Å². The van der Waals surface area contributed by atoms with E-state index in [9.17, 15) is 5.11 Å². The van der Waals surface area contributed by atoms with Crippen molar-refractivity contribution in [3.8, 4) is 11.1 Å². The Hall–Kier alpha value is -2.02. The Kier molecular flexibility index (Phi) is 5.01. The van der Waals surface area contributed by atoms with E-state index in [2.05, 4.69) is 50.5 Å². The van der Waals surface area contributed by atoms with Gasteiger partial charge in [0.25, 0.3) is 0 Å². The predicted octanol–water partition coefficient (Wildman–Crippen LogP) is 3.78. The minimum absolute atomic E-state index is 0.271. The van der Waals surface area contributed by atoms with Crippen molar-refractivity contribution in [2.24, 2.45) is 0 Å². The molecule has 0 amide bonds. The Morgan fingerprint density at radius 3 is 2.71 bits per heavy atom. The van der Waals surface area contributed by atoms with Crippen LogP contribution in [0.2, 0.25) is 0 Å². The van der Waals surface area contributed by atoms with E-state index in [1.165, 1.54) is 35.8 Å². The number of rotatable bonds is 5. The van der Waals surface area contributed by atoms with Gasteiger partial charge in [0.1, 0.15) is 17.0 Å². The maximum absolute atomic E-state index is 9.69. The fourth-order valence-corrected chi connectivity index (χ4v) is 5.74. The lowest BCUT2D eigenvalue weighted by molar-refractivity contribution is 0.153. The molecule has 0 unspecified atom stereocenters. The van der Waals surface area contributed by atoms with E-state index in [-0.39, 0.29) is 6.61 Å². The summed E-state index contributed by atoms with van der Waals surface area (Å²) < 4.78 is 0. The summed E-state index contributed by atoms with van der Waals surface area (Å²) in [5.41, 5.74) is 2.46. The monoisotopic (exact) mass is 394 g/mol. The van der Waals surface area contributed by atoms with E-state index < -0.39 is 0 Å². The highest BCUT2D eigenvalue weighted by Gasteiger charge is 2.33. The van der Waals surface area contributed by atoms with Crippen LogP contribution in [0, 0.1) is 0 Å². The fraction of sp³-hybridized carbons (Fsp3) is 0.455. The molecule has 0 aliphatic carbocycles. The van der Waals surface area contributed by atoms with Crippen LogP contribution in [0.4, 0.5) is 5.82 Å². The number of fused-ring (bicyclic) bond motifs is 1. The van der Waals surface area contributed by atoms with Gasteiger partial charge in [0, 0.05) is 36.1 Å². The van der Waals surface area contributed by atoms with E-state index in [1.807, 2.05) is 0 Å². The lowest BCUT2D eigenvalue weighted by Gasteiger charge is -2.32. The maximum atomic E-state index is 9.69. The minimum Gasteiger partial charge on any atom is -0.395 e. The SMILES string of the molecule is OC[C@H]1CCCN1C[C@@H]1CCCN1c1ncnc2scc(-c3ccccc3)c12. The second-order valence-electron chi connectivity index (χ2n) is 7.86. The third-order valence-corrected chi connectivity index (χ3v) is 7.13. The standard InChI is InChI=1S/C22H26N4OS/c27-13-18-9-4-10-25(18)12-17-8-5-11-26(17)21-20-19(16-6-2-1-3-7-16)14-28-22(20)24-15-23-21/h1-3,6-7,14-15,17-18,27H,4-5,8-13H2/t17-,18+/m0/s1. The number of benzene rings is 1. The molecule has 0 bridgehead atoms. The molecule has 0 saturated carbocycles.